The molecule has 1 atom stereocenters. The lowest BCUT2D eigenvalue weighted by Crippen LogP contribution is -2.13. The van der Waals surface area contributed by atoms with Crippen molar-refractivity contribution in [3.63, 3.8) is 0 Å². The molecule has 0 amide bonds. The first-order valence-corrected chi connectivity index (χ1v) is 4.85. The molecule has 0 aromatic carbocycles. The quantitative estimate of drug-likeness (QED) is 0.762. The fourth-order valence-corrected chi connectivity index (χ4v) is 1.48. The van der Waals surface area contributed by atoms with Crippen LogP contribution in [0, 0.1) is 12.8 Å². The summed E-state index contributed by atoms with van der Waals surface area (Å²) in [6.45, 7) is 2.02. The van der Waals surface area contributed by atoms with Crippen LogP contribution in [0.4, 0.5) is 0 Å². The van der Waals surface area contributed by atoms with Crippen LogP contribution in [0.15, 0.2) is 18.3 Å². The van der Waals surface area contributed by atoms with E-state index in [0.29, 0.717) is 12.3 Å². The summed E-state index contributed by atoms with van der Waals surface area (Å²) < 4.78 is 0. The van der Waals surface area contributed by atoms with Gasteiger partial charge in [-0.15, -0.1) is 0 Å². The fraction of sp³-hybridized carbons (Fsp3) is 0.545. The number of aliphatic hydroxyl groups is 1. The minimum atomic E-state index is -0.171. The first-order chi connectivity index (χ1) is 6.25. The predicted octanol–water partition coefficient (Wildman–Crippen LogP) is 1.70. The molecular formula is C11H15NO. The molecule has 1 aromatic rings. The molecule has 1 aliphatic rings. The van der Waals surface area contributed by atoms with Crippen molar-refractivity contribution in [2.24, 2.45) is 5.92 Å². The number of hydrogen-bond acceptors (Lipinski definition) is 2. The molecule has 1 heterocycles. The molecule has 1 saturated carbocycles. The third-order valence-corrected chi connectivity index (χ3v) is 2.56. The van der Waals surface area contributed by atoms with Gasteiger partial charge in [0.15, 0.2) is 0 Å². The molecule has 0 saturated heterocycles. The molecule has 13 heavy (non-hydrogen) atoms. The topological polar surface area (TPSA) is 33.1 Å². The lowest BCUT2D eigenvalue weighted by atomic mass is 10.1. The molecule has 0 radical (unpaired) electrons. The largest absolute Gasteiger partial charge is 0.392 e. The fourth-order valence-electron chi connectivity index (χ4n) is 1.48. The number of aliphatic hydroxyl groups excluding tert-OH is 1. The van der Waals surface area contributed by atoms with Gasteiger partial charge in [0.05, 0.1) is 6.10 Å². The van der Waals surface area contributed by atoms with E-state index in [1.54, 1.807) is 0 Å². The van der Waals surface area contributed by atoms with Crippen LogP contribution in [-0.4, -0.2) is 16.2 Å². The lowest BCUT2D eigenvalue weighted by molar-refractivity contribution is 0.150. The molecule has 0 aliphatic heterocycles. The van der Waals surface area contributed by atoms with Crippen LogP contribution in [0.25, 0.3) is 0 Å². The monoisotopic (exact) mass is 177 g/mol. The molecule has 2 heteroatoms. The Bertz CT molecular complexity index is 277. The highest BCUT2D eigenvalue weighted by molar-refractivity contribution is 5.13. The number of rotatable bonds is 3. The normalized spacial score (nSPS) is 18.6. The summed E-state index contributed by atoms with van der Waals surface area (Å²) in [6.07, 6.45) is 4.77. The number of pyridine rings is 1. The molecule has 2 rings (SSSR count). The molecule has 70 valence electrons. The van der Waals surface area contributed by atoms with E-state index >= 15 is 0 Å². The van der Waals surface area contributed by atoms with Crippen LogP contribution in [0.1, 0.15) is 24.1 Å². The molecule has 1 unspecified atom stereocenters. The Morgan fingerprint density at radius 2 is 2.31 bits per heavy atom. The van der Waals surface area contributed by atoms with Gasteiger partial charge >= 0.3 is 0 Å². The zero-order valence-corrected chi connectivity index (χ0v) is 7.90. The van der Waals surface area contributed by atoms with E-state index in [2.05, 4.69) is 4.98 Å². The van der Waals surface area contributed by atoms with Gasteiger partial charge in [0.2, 0.25) is 0 Å². The molecule has 0 bridgehead atoms. The third-order valence-electron chi connectivity index (χ3n) is 2.56. The predicted molar refractivity (Wildman–Crippen MR) is 51.4 cm³/mol. The Labute approximate surface area is 78.6 Å². The van der Waals surface area contributed by atoms with Gasteiger partial charge in [-0.1, -0.05) is 6.07 Å². The summed E-state index contributed by atoms with van der Waals surface area (Å²) in [5, 5.41) is 9.67. The van der Waals surface area contributed by atoms with Crippen LogP contribution in [0.3, 0.4) is 0 Å². The van der Waals surface area contributed by atoms with Crippen LogP contribution in [0.2, 0.25) is 0 Å². The van der Waals surface area contributed by atoms with Crippen molar-refractivity contribution in [2.75, 3.05) is 0 Å². The Kier molecular flexibility index (Phi) is 2.32. The molecule has 1 fully saturated rings. The van der Waals surface area contributed by atoms with Crippen molar-refractivity contribution < 1.29 is 5.11 Å². The Hall–Kier alpha value is -0.890. The second kappa shape index (κ2) is 3.46. The zero-order chi connectivity index (χ0) is 9.26. The molecule has 1 N–H and O–H groups in total. The summed E-state index contributed by atoms with van der Waals surface area (Å²) in [5.74, 6) is 0.545. The highest BCUT2D eigenvalue weighted by Gasteiger charge is 2.29. The maximum atomic E-state index is 9.67. The van der Waals surface area contributed by atoms with Crippen molar-refractivity contribution in [3.8, 4) is 0 Å². The van der Waals surface area contributed by atoms with E-state index < -0.39 is 0 Å². The zero-order valence-electron chi connectivity index (χ0n) is 7.90. The van der Waals surface area contributed by atoms with Gasteiger partial charge in [-0.05, 0) is 37.3 Å². The molecule has 1 aromatic heterocycles. The van der Waals surface area contributed by atoms with Crippen molar-refractivity contribution in [2.45, 2.75) is 32.3 Å². The third kappa shape index (κ3) is 2.28. The highest BCUT2D eigenvalue weighted by atomic mass is 16.3. The van der Waals surface area contributed by atoms with Crippen LogP contribution < -0.4 is 0 Å². The maximum absolute atomic E-state index is 9.67. The number of aryl methyl sites for hydroxylation is 1. The summed E-state index contributed by atoms with van der Waals surface area (Å²) in [7, 11) is 0. The van der Waals surface area contributed by atoms with Crippen molar-refractivity contribution in [1.82, 2.24) is 4.98 Å². The lowest BCUT2D eigenvalue weighted by Gasteiger charge is -2.07. The maximum Gasteiger partial charge on any atom is 0.0623 e. The number of hydrogen-bond donors (Lipinski definition) is 1. The molecule has 2 nitrogen and oxygen atoms in total. The molecule has 1 aliphatic carbocycles. The van der Waals surface area contributed by atoms with Gasteiger partial charge in [0.1, 0.15) is 0 Å². The van der Waals surface area contributed by atoms with Crippen LogP contribution >= 0.6 is 0 Å². The van der Waals surface area contributed by atoms with Gasteiger partial charge in [0, 0.05) is 18.3 Å². The van der Waals surface area contributed by atoms with E-state index in [1.165, 1.54) is 18.4 Å². The first-order valence-electron chi connectivity index (χ1n) is 4.85. The van der Waals surface area contributed by atoms with Crippen LogP contribution in [0.5, 0.6) is 0 Å². The average molecular weight is 177 g/mol. The Morgan fingerprint density at radius 3 is 2.85 bits per heavy atom. The van der Waals surface area contributed by atoms with Gasteiger partial charge < -0.3 is 5.11 Å². The van der Waals surface area contributed by atoms with Gasteiger partial charge in [-0.2, -0.15) is 0 Å². The number of nitrogens with zero attached hydrogens (tertiary/aromatic N) is 1. The summed E-state index contributed by atoms with van der Waals surface area (Å²) in [6, 6.07) is 4.04. The number of aromatic nitrogens is 1. The first kappa shape index (κ1) is 8.70. The van der Waals surface area contributed by atoms with E-state index in [9.17, 15) is 5.11 Å². The second-order valence-electron chi connectivity index (χ2n) is 3.94. The van der Waals surface area contributed by atoms with Gasteiger partial charge in [-0.3, -0.25) is 4.98 Å². The second-order valence-corrected chi connectivity index (χ2v) is 3.94. The molecule has 0 spiro atoms. The van der Waals surface area contributed by atoms with Gasteiger partial charge in [-0.25, -0.2) is 0 Å². The summed E-state index contributed by atoms with van der Waals surface area (Å²) in [4.78, 5) is 4.27. The standard InChI is InChI=1S/C11H15NO/c1-8-2-5-10(12-7-8)6-11(13)9-3-4-9/h2,5,7,9,11,13H,3-4,6H2,1H3. The minimum Gasteiger partial charge on any atom is -0.392 e. The summed E-state index contributed by atoms with van der Waals surface area (Å²) in [5.41, 5.74) is 2.18. The average Bonchev–Trinajstić information content (AvgIpc) is 2.91. The van der Waals surface area contributed by atoms with E-state index in [-0.39, 0.29) is 6.10 Å². The summed E-state index contributed by atoms with van der Waals surface area (Å²) >= 11 is 0. The van der Waals surface area contributed by atoms with Crippen molar-refractivity contribution in [1.29, 1.82) is 0 Å². The SMILES string of the molecule is Cc1ccc(CC(O)C2CC2)nc1. The van der Waals surface area contributed by atoms with Crippen LogP contribution in [-0.2, 0) is 6.42 Å². The Balaban J connectivity index is 1.96. The Morgan fingerprint density at radius 1 is 1.54 bits per heavy atom. The highest BCUT2D eigenvalue weighted by Crippen LogP contribution is 2.33. The van der Waals surface area contributed by atoms with Crippen molar-refractivity contribution >= 4 is 0 Å². The smallest absolute Gasteiger partial charge is 0.0623 e. The van der Waals surface area contributed by atoms with Gasteiger partial charge in [0.25, 0.3) is 0 Å². The minimum absolute atomic E-state index is 0.171. The van der Waals surface area contributed by atoms with E-state index in [4.69, 9.17) is 0 Å². The van der Waals surface area contributed by atoms with Crippen molar-refractivity contribution in [3.05, 3.63) is 29.6 Å². The van der Waals surface area contributed by atoms with E-state index in [0.717, 1.165) is 5.69 Å². The van der Waals surface area contributed by atoms with E-state index in [1.807, 2.05) is 25.3 Å². The molecular weight excluding hydrogens is 162 g/mol.